The Morgan fingerprint density at radius 3 is 1.68 bits per heavy atom. The monoisotopic (exact) mass is 601 g/mol. The lowest BCUT2D eigenvalue weighted by atomic mass is 9.98. The van der Waals surface area contributed by atoms with Crippen LogP contribution in [0.5, 0.6) is 0 Å². The average molecular weight is 602 g/mol. The van der Waals surface area contributed by atoms with Gasteiger partial charge in [-0.2, -0.15) is 0 Å². The number of nitrogens with zero attached hydrogens (tertiary/aromatic N) is 3. The van der Waals surface area contributed by atoms with E-state index in [1.165, 1.54) is 16.3 Å². The smallest absolute Gasteiger partial charge is 0.164 e. The molecule has 7 aromatic carbocycles. The summed E-state index contributed by atoms with van der Waals surface area (Å²) in [6.45, 7) is 0. The highest BCUT2D eigenvalue weighted by atomic mass is 16.3. The van der Waals surface area contributed by atoms with Crippen molar-refractivity contribution in [2.24, 2.45) is 0 Å². The van der Waals surface area contributed by atoms with Crippen molar-refractivity contribution in [3.05, 3.63) is 164 Å². The second kappa shape index (κ2) is 11.2. The Hall–Kier alpha value is -6.39. The van der Waals surface area contributed by atoms with Crippen molar-refractivity contribution in [1.82, 2.24) is 15.0 Å². The van der Waals surface area contributed by atoms with E-state index in [0.29, 0.717) is 17.5 Å². The predicted molar refractivity (Wildman–Crippen MR) is 192 cm³/mol. The maximum Gasteiger partial charge on any atom is 0.164 e. The predicted octanol–water partition coefficient (Wildman–Crippen LogP) is 11.3. The highest BCUT2D eigenvalue weighted by molar-refractivity contribution is 6.15. The molecule has 2 heterocycles. The van der Waals surface area contributed by atoms with Crippen LogP contribution in [-0.2, 0) is 0 Å². The minimum absolute atomic E-state index is 0.602. The van der Waals surface area contributed by atoms with Crippen molar-refractivity contribution < 1.29 is 4.42 Å². The Balaban J connectivity index is 1.22. The van der Waals surface area contributed by atoms with Crippen molar-refractivity contribution in [2.45, 2.75) is 0 Å². The molecule has 0 radical (unpaired) electrons. The van der Waals surface area contributed by atoms with Gasteiger partial charge in [-0.15, -0.1) is 0 Å². The number of hydrogen-bond donors (Lipinski definition) is 0. The molecular formula is C43H27N3O. The molecule has 0 aliphatic carbocycles. The van der Waals surface area contributed by atoms with Crippen molar-refractivity contribution >= 4 is 32.7 Å². The number of hydrogen-bond acceptors (Lipinski definition) is 4. The van der Waals surface area contributed by atoms with E-state index in [4.69, 9.17) is 19.4 Å². The molecule has 0 aliphatic rings. The van der Waals surface area contributed by atoms with E-state index in [0.717, 1.165) is 55.3 Å². The van der Waals surface area contributed by atoms with Gasteiger partial charge in [-0.1, -0.05) is 152 Å². The molecule has 9 rings (SSSR count). The molecule has 9 aromatic rings. The third kappa shape index (κ3) is 4.84. The van der Waals surface area contributed by atoms with Crippen LogP contribution in [0.1, 0.15) is 0 Å². The third-order valence-corrected chi connectivity index (χ3v) is 8.74. The van der Waals surface area contributed by atoms with Crippen LogP contribution in [-0.4, -0.2) is 15.0 Å². The van der Waals surface area contributed by atoms with E-state index in [-0.39, 0.29) is 0 Å². The van der Waals surface area contributed by atoms with Gasteiger partial charge in [-0.25, -0.2) is 15.0 Å². The third-order valence-electron chi connectivity index (χ3n) is 8.74. The van der Waals surface area contributed by atoms with Crippen LogP contribution in [0.15, 0.2) is 168 Å². The molecule has 0 N–H and O–H groups in total. The van der Waals surface area contributed by atoms with Crippen LogP contribution < -0.4 is 0 Å². The van der Waals surface area contributed by atoms with Crippen LogP contribution >= 0.6 is 0 Å². The van der Waals surface area contributed by atoms with Gasteiger partial charge in [0, 0.05) is 33.0 Å². The molecule has 0 atom stereocenters. The van der Waals surface area contributed by atoms with Gasteiger partial charge in [0.05, 0.1) is 0 Å². The molecule has 220 valence electrons. The van der Waals surface area contributed by atoms with Gasteiger partial charge in [0.2, 0.25) is 0 Å². The largest absolute Gasteiger partial charge is 0.455 e. The number of benzene rings is 7. The molecule has 4 nitrogen and oxygen atoms in total. The fourth-order valence-electron chi connectivity index (χ4n) is 6.40. The Bertz CT molecular complexity index is 2550. The highest BCUT2D eigenvalue weighted by Gasteiger charge is 2.19. The first-order valence-electron chi connectivity index (χ1n) is 15.7. The van der Waals surface area contributed by atoms with Gasteiger partial charge in [0.25, 0.3) is 0 Å². The summed E-state index contributed by atoms with van der Waals surface area (Å²) in [5, 5.41) is 4.42. The topological polar surface area (TPSA) is 51.8 Å². The summed E-state index contributed by atoms with van der Waals surface area (Å²) in [4.78, 5) is 15.1. The lowest BCUT2D eigenvalue weighted by molar-refractivity contribution is 0.670. The van der Waals surface area contributed by atoms with E-state index in [2.05, 4.69) is 115 Å². The molecular weight excluding hydrogens is 574 g/mol. The molecule has 47 heavy (non-hydrogen) atoms. The maximum atomic E-state index is 6.63. The number of para-hydroxylation sites is 1. The summed E-state index contributed by atoms with van der Waals surface area (Å²) in [6, 6.07) is 56.3. The standard InChI is InChI=1S/C43H27N3O/c1-3-11-28(12-4-1)30-21-24-32(25-22-30)42-44-41(31-14-5-2-6-15-31)45-43(46-42)37-19-10-20-38-39(37)36-18-9-17-35(40(36)47-38)34-26-23-29-13-7-8-16-33(29)27-34/h1-27H. The minimum atomic E-state index is 0.602. The van der Waals surface area contributed by atoms with E-state index in [9.17, 15) is 0 Å². The zero-order valence-electron chi connectivity index (χ0n) is 25.3. The molecule has 0 unspecified atom stereocenters. The molecule has 2 aromatic heterocycles. The summed E-state index contributed by atoms with van der Waals surface area (Å²) < 4.78 is 6.63. The summed E-state index contributed by atoms with van der Waals surface area (Å²) in [7, 11) is 0. The van der Waals surface area contributed by atoms with E-state index < -0.39 is 0 Å². The van der Waals surface area contributed by atoms with Crippen molar-refractivity contribution in [3.8, 4) is 56.4 Å². The van der Waals surface area contributed by atoms with Gasteiger partial charge in [0.15, 0.2) is 17.5 Å². The van der Waals surface area contributed by atoms with Crippen LogP contribution in [0.3, 0.4) is 0 Å². The van der Waals surface area contributed by atoms with Crippen molar-refractivity contribution in [1.29, 1.82) is 0 Å². The fourth-order valence-corrected chi connectivity index (χ4v) is 6.40. The van der Waals surface area contributed by atoms with E-state index in [1.54, 1.807) is 0 Å². The van der Waals surface area contributed by atoms with E-state index >= 15 is 0 Å². The van der Waals surface area contributed by atoms with Crippen LogP contribution in [0.25, 0.3) is 89.1 Å². The van der Waals surface area contributed by atoms with Crippen LogP contribution in [0.4, 0.5) is 0 Å². The van der Waals surface area contributed by atoms with Crippen LogP contribution in [0.2, 0.25) is 0 Å². The molecule has 0 fully saturated rings. The summed E-state index contributed by atoms with van der Waals surface area (Å²) in [5.74, 6) is 1.85. The van der Waals surface area contributed by atoms with Gasteiger partial charge in [0.1, 0.15) is 11.2 Å². The Labute approximate surface area is 271 Å². The normalized spacial score (nSPS) is 11.4. The zero-order valence-corrected chi connectivity index (χ0v) is 25.3. The summed E-state index contributed by atoms with van der Waals surface area (Å²) in [6.07, 6.45) is 0. The molecule has 0 saturated carbocycles. The molecule has 0 aliphatic heterocycles. The second-order valence-corrected chi connectivity index (χ2v) is 11.6. The van der Waals surface area contributed by atoms with Crippen LogP contribution in [0, 0.1) is 0 Å². The van der Waals surface area contributed by atoms with Gasteiger partial charge in [-0.05, 0) is 39.6 Å². The molecule has 0 bridgehead atoms. The minimum Gasteiger partial charge on any atom is -0.455 e. The first-order chi connectivity index (χ1) is 23.3. The van der Waals surface area contributed by atoms with Crippen molar-refractivity contribution in [3.63, 3.8) is 0 Å². The Morgan fingerprint density at radius 2 is 0.915 bits per heavy atom. The van der Waals surface area contributed by atoms with E-state index in [1.807, 2.05) is 48.5 Å². The van der Waals surface area contributed by atoms with Gasteiger partial charge < -0.3 is 4.42 Å². The second-order valence-electron chi connectivity index (χ2n) is 11.6. The number of furan rings is 1. The number of fused-ring (bicyclic) bond motifs is 4. The molecule has 4 heteroatoms. The summed E-state index contributed by atoms with van der Waals surface area (Å²) >= 11 is 0. The van der Waals surface area contributed by atoms with Gasteiger partial charge >= 0.3 is 0 Å². The quantitative estimate of drug-likeness (QED) is 0.197. The lowest BCUT2D eigenvalue weighted by Crippen LogP contribution is -2.00. The SMILES string of the molecule is c1ccc(-c2ccc(-c3nc(-c4ccccc4)nc(-c4cccc5oc6c(-c7ccc8ccccc8c7)cccc6c45)n3)cc2)cc1. The molecule has 0 spiro atoms. The van der Waals surface area contributed by atoms with Gasteiger partial charge in [-0.3, -0.25) is 0 Å². The molecule has 0 amide bonds. The maximum absolute atomic E-state index is 6.63. The Morgan fingerprint density at radius 1 is 0.362 bits per heavy atom. The number of aromatic nitrogens is 3. The first kappa shape index (κ1) is 27.0. The average Bonchev–Trinajstić information content (AvgIpc) is 3.54. The highest BCUT2D eigenvalue weighted by Crippen LogP contribution is 2.40. The fraction of sp³-hybridized carbons (Fsp3) is 0. The zero-order chi connectivity index (χ0) is 31.2. The summed E-state index contributed by atoms with van der Waals surface area (Å²) in [5.41, 5.74) is 8.87. The lowest BCUT2D eigenvalue weighted by Gasteiger charge is -2.10. The molecule has 0 saturated heterocycles. The Kier molecular flexibility index (Phi) is 6.43. The van der Waals surface area contributed by atoms with Crippen molar-refractivity contribution in [2.75, 3.05) is 0 Å². The first-order valence-corrected chi connectivity index (χ1v) is 15.7. The number of rotatable bonds is 5.